The number of para-hydroxylation sites is 3. The number of phosphoric ester groups is 1. The Kier molecular flexibility index (Phi) is 5.81. The number of amides is 1. The quantitative estimate of drug-likeness (QED) is 0.556. The molecule has 1 atom stereocenters. The third kappa shape index (κ3) is 5.11. The zero-order valence-electron chi connectivity index (χ0n) is 13.9. The summed E-state index contributed by atoms with van der Waals surface area (Å²) in [6.07, 6.45) is 0. The molecule has 0 aromatic heterocycles. The van der Waals surface area contributed by atoms with Crippen molar-refractivity contribution in [3.63, 3.8) is 0 Å². The van der Waals surface area contributed by atoms with Crippen LogP contribution >= 0.6 is 19.4 Å². The van der Waals surface area contributed by atoms with E-state index in [1.165, 1.54) is 24.3 Å². The smallest absolute Gasteiger partial charge is 0.395 e. The maximum Gasteiger partial charge on any atom is 0.584 e. The fraction of sp³-hybridized carbons (Fsp3) is 0. The Hall–Kier alpha value is -2.79. The van der Waals surface area contributed by atoms with Crippen molar-refractivity contribution in [1.29, 1.82) is 0 Å². The summed E-state index contributed by atoms with van der Waals surface area (Å²) in [7, 11) is -4.50. The highest BCUT2D eigenvalue weighted by atomic mass is 35.5. The first-order chi connectivity index (χ1) is 12.9. The van der Waals surface area contributed by atoms with Gasteiger partial charge in [0.05, 0.1) is 16.3 Å². The maximum atomic E-state index is 12.6. The lowest BCUT2D eigenvalue weighted by atomic mass is 10.2. The Balaban J connectivity index is 1.80. The van der Waals surface area contributed by atoms with Crippen LogP contribution in [0.1, 0.15) is 10.4 Å². The van der Waals surface area contributed by atoms with Crippen molar-refractivity contribution in [2.75, 3.05) is 5.32 Å². The molecule has 0 aliphatic heterocycles. The molecule has 0 aliphatic rings. The number of nitrogens with one attached hydrogen (secondary N) is 1. The maximum absolute atomic E-state index is 12.6. The van der Waals surface area contributed by atoms with E-state index in [-0.39, 0.29) is 17.1 Å². The van der Waals surface area contributed by atoms with Crippen molar-refractivity contribution >= 4 is 31.0 Å². The van der Waals surface area contributed by atoms with Gasteiger partial charge < -0.3 is 14.4 Å². The van der Waals surface area contributed by atoms with Crippen molar-refractivity contribution in [3.05, 3.63) is 89.4 Å². The number of hydrogen-bond donors (Lipinski definition) is 2. The second-order valence-corrected chi connectivity index (χ2v) is 7.10. The molecule has 1 amide bonds. The first kappa shape index (κ1) is 19.0. The molecule has 1 unspecified atom stereocenters. The van der Waals surface area contributed by atoms with Gasteiger partial charge in [-0.1, -0.05) is 54.1 Å². The highest BCUT2D eigenvalue weighted by Crippen LogP contribution is 2.45. The predicted molar refractivity (Wildman–Crippen MR) is 103 cm³/mol. The molecule has 138 valence electrons. The molecule has 0 aliphatic carbocycles. The molecule has 3 rings (SSSR count). The van der Waals surface area contributed by atoms with Crippen LogP contribution in [0.15, 0.2) is 78.9 Å². The first-order valence-electron chi connectivity index (χ1n) is 7.86. The van der Waals surface area contributed by atoms with E-state index < -0.39 is 13.7 Å². The van der Waals surface area contributed by atoms with Crippen LogP contribution in [-0.2, 0) is 4.57 Å². The minimum atomic E-state index is -4.50. The van der Waals surface area contributed by atoms with Gasteiger partial charge in [0.25, 0.3) is 5.91 Å². The summed E-state index contributed by atoms with van der Waals surface area (Å²) in [5, 5.41) is 3.00. The van der Waals surface area contributed by atoms with E-state index in [0.29, 0.717) is 10.7 Å². The number of carbonyl (C=O) groups is 1. The summed E-state index contributed by atoms with van der Waals surface area (Å²) >= 11 is 6.04. The van der Waals surface area contributed by atoms with E-state index in [0.717, 1.165) is 0 Å². The van der Waals surface area contributed by atoms with Gasteiger partial charge in [0.2, 0.25) is 0 Å². The Morgan fingerprint density at radius 3 is 2.26 bits per heavy atom. The van der Waals surface area contributed by atoms with Crippen LogP contribution in [-0.4, -0.2) is 10.8 Å². The summed E-state index contributed by atoms with van der Waals surface area (Å²) in [5.41, 5.74) is 0.468. The monoisotopic (exact) mass is 403 g/mol. The minimum Gasteiger partial charge on any atom is -0.395 e. The normalized spacial score (nSPS) is 12.7. The fourth-order valence-electron chi connectivity index (χ4n) is 2.24. The second kappa shape index (κ2) is 8.27. The van der Waals surface area contributed by atoms with Crippen LogP contribution in [0.25, 0.3) is 0 Å². The fourth-order valence-corrected chi connectivity index (χ4v) is 3.26. The van der Waals surface area contributed by atoms with Gasteiger partial charge >= 0.3 is 7.82 Å². The molecule has 0 fully saturated rings. The number of anilines is 1. The van der Waals surface area contributed by atoms with Crippen molar-refractivity contribution in [1.82, 2.24) is 0 Å². The van der Waals surface area contributed by atoms with Gasteiger partial charge in [-0.05, 0) is 36.4 Å². The molecule has 6 nitrogen and oxygen atoms in total. The summed E-state index contributed by atoms with van der Waals surface area (Å²) in [5.74, 6) is -0.469. The van der Waals surface area contributed by atoms with Gasteiger partial charge in [-0.2, -0.15) is 0 Å². The lowest BCUT2D eigenvalue weighted by Gasteiger charge is -2.16. The molecule has 0 heterocycles. The van der Waals surface area contributed by atoms with E-state index in [1.54, 1.807) is 54.6 Å². The molecular weight excluding hydrogens is 389 g/mol. The number of rotatable bonds is 6. The molecule has 2 N–H and O–H groups in total. The predicted octanol–water partition coefficient (Wildman–Crippen LogP) is 5.15. The molecule has 0 spiro atoms. The number of carbonyl (C=O) groups excluding carboxylic acids is 1. The number of hydrogen-bond acceptors (Lipinski definition) is 4. The van der Waals surface area contributed by atoms with Gasteiger partial charge in [-0.15, -0.1) is 0 Å². The van der Waals surface area contributed by atoms with Gasteiger partial charge in [-0.3, -0.25) is 9.69 Å². The zero-order valence-corrected chi connectivity index (χ0v) is 15.6. The van der Waals surface area contributed by atoms with Crippen LogP contribution in [0.3, 0.4) is 0 Å². The third-order valence-corrected chi connectivity index (χ3v) is 4.63. The lowest BCUT2D eigenvalue weighted by Crippen LogP contribution is -2.14. The van der Waals surface area contributed by atoms with E-state index in [9.17, 15) is 14.3 Å². The molecular formula is C19H15ClNO5P. The standard InChI is InChI=1S/C19H15ClNO5P/c20-16-11-5-6-12-17(16)21-19(22)15-10-4-7-13-18(15)26-27(23,24)25-14-8-2-1-3-9-14/h1-13H,(H,21,22)(H,23,24). The van der Waals surface area contributed by atoms with Crippen molar-refractivity contribution in [2.24, 2.45) is 0 Å². The third-order valence-electron chi connectivity index (χ3n) is 3.43. The van der Waals surface area contributed by atoms with Crippen molar-refractivity contribution in [3.8, 4) is 11.5 Å². The largest absolute Gasteiger partial charge is 0.584 e. The van der Waals surface area contributed by atoms with Crippen molar-refractivity contribution in [2.45, 2.75) is 0 Å². The number of halogens is 1. The van der Waals surface area contributed by atoms with E-state index in [1.807, 2.05) is 0 Å². The van der Waals surface area contributed by atoms with Crippen LogP contribution in [0, 0.1) is 0 Å². The molecule has 0 saturated heterocycles. The van der Waals surface area contributed by atoms with Gasteiger partial charge in [0.1, 0.15) is 11.5 Å². The van der Waals surface area contributed by atoms with Crippen molar-refractivity contribution < 1.29 is 23.3 Å². The van der Waals surface area contributed by atoms with Crippen LogP contribution < -0.4 is 14.4 Å². The zero-order chi connectivity index (χ0) is 19.3. The van der Waals surface area contributed by atoms with Gasteiger partial charge in [0.15, 0.2) is 0 Å². The molecule has 0 saturated carbocycles. The number of benzene rings is 3. The summed E-state index contributed by atoms with van der Waals surface area (Å²) < 4.78 is 22.4. The van der Waals surface area contributed by atoms with Gasteiger partial charge in [-0.25, -0.2) is 4.57 Å². The Bertz CT molecular complexity index is 996. The summed E-state index contributed by atoms with van der Waals surface area (Å²) in [6.45, 7) is 0. The Labute approximate surface area is 160 Å². The Morgan fingerprint density at radius 1 is 0.889 bits per heavy atom. The van der Waals surface area contributed by atoms with E-state index in [2.05, 4.69) is 5.32 Å². The van der Waals surface area contributed by atoms with Crippen LogP contribution in [0.2, 0.25) is 5.02 Å². The average molecular weight is 404 g/mol. The molecule has 3 aromatic carbocycles. The SMILES string of the molecule is O=C(Nc1ccccc1Cl)c1ccccc1OP(=O)(O)Oc1ccccc1. The summed E-state index contributed by atoms with van der Waals surface area (Å²) in [4.78, 5) is 22.6. The molecule has 3 aromatic rings. The molecule has 0 radical (unpaired) electrons. The molecule has 8 heteroatoms. The second-order valence-electron chi connectivity index (χ2n) is 5.39. The van der Waals surface area contributed by atoms with Gasteiger partial charge in [0, 0.05) is 0 Å². The first-order valence-corrected chi connectivity index (χ1v) is 9.74. The highest BCUT2D eigenvalue weighted by Gasteiger charge is 2.27. The Morgan fingerprint density at radius 2 is 1.52 bits per heavy atom. The topological polar surface area (TPSA) is 84.9 Å². The highest BCUT2D eigenvalue weighted by molar-refractivity contribution is 7.48. The number of phosphoric acid groups is 1. The molecule has 27 heavy (non-hydrogen) atoms. The minimum absolute atomic E-state index is 0.0587. The van der Waals surface area contributed by atoms with E-state index in [4.69, 9.17) is 20.6 Å². The summed E-state index contributed by atoms with van der Waals surface area (Å²) in [6, 6.07) is 20.9. The van der Waals surface area contributed by atoms with Crippen LogP contribution in [0.4, 0.5) is 5.69 Å². The molecule has 0 bridgehead atoms. The lowest BCUT2D eigenvalue weighted by molar-refractivity contribution is 0.102. The van der Waals surface area contributed by atoms with Crippen LogP contribution in [0.5, 0.6) is 11.5 Å². The average Bonchev–Trinajstić information content (AvgIpc) is 2.64. The van der Waals surface area contributed by atoms with E-state index >= 15 is 0 Å².